The number of aliphatic hydroxyl groups is 2. The number of carbonyl (C=O) groups excluding carboxylic acids is 1. The van der Waals surface area contributed by atoms with E-state index >= 15 is 0 Å². The molecule has 1 amide bonds. The van der Waals surface area contributed by atoms with E-state index in [0.717, 1.165) is 22.3 Å². The van der Waals surface area contributed by atoms with Gasteiger partial charge < -0.3 is 25.4 Å². The van der Waals surface area contributed by atoms with Crippen LogP contribution in [-0.2, 0) is 9.53 Å². The first-order valence-corrected chi connectivity index (χ1v) is 9.83. The second-order valence-corrected chi connectivity index (χ2v) is 7.11. The summed E-state index contributed by atoms with van der Waals surface area (Å²) in [4.78, 5) is 25.4. The summed E-state index contributed by atoms with van der Waals surface area (Å²) in [6.45, 7) is 0.0474. The fourth-order valence-electron chi connectivity index (χ4n) is 3.80. The van der Waals surface area contributed by atoms with Gasteiger partial charge in [0.1, 0.15) is 12.6 Å². The van der Waals surface area contributed by atoms with E-state index in [9.17, 15) is 14.7 Å². The van der Waals surface area contributed by atoms with E-state index in [1.165, 1.54) is 0 Å². The van der Waals surface area contributed by atoms with E-state index in [2.05, 4.69) is 5.32 Å². The average molecular weight is 414 g/mol. The molecule has 3 rings (SSSR count). The Bertz CT molecular complexity index is 836. The molecule has 0 aliphatic heterocycles. The maximum atomic E-state index is 12.3. The predicted molar refractivity (Wildman–Crippen MR) is 110 cm³/mol. The number of alkyl carbamates (subject to hydrolysis) is 1. The molecule has 2 aromatic rings. The first-order valence-electron chi connectivity index (χ1n) is 9.83. The van der Waals surface area contributed by atoms with Gasteiger partial charge in [-0.1, -0.05) is 48.5 Å². The Labute approximate surface area is 174 Å². The van der Waals surface area contributed by atoms with E-state index in [4.69, 9.17) is 14.9 Å². The van der Waals surface area contributed by atoms with Crippen molar-refractivity contribution in [3.8, 4) is 11.1 Å². The van der Waals surface area contributed by atoms with Crippen LogP contribution in [0.4, 0.5) is 4.79 Å². The van der Waals surface area contributed by atoms with Gasteiger partial charge in [-0.25, -0.2) is 9.59 Å². The van der Waals surface area contributed by atoms with Crippen LogP contribution in [0.3, 0.4) is 0 Å². The van der Waals surface area contributed by atoms with Crippen molar-refractivity contribution in [2.24, 2.45) is 0 Å². The van der Waals surface area contributed by atoms with E-state index in [1.54, 1.807) is 4.90 Å². The number of carbonyl (C=O) groups is 2. The summed E-state index contributed by atoms with van der Waals surface area (Å²) in [5.41, 5.74) is 4.35. The number of aliphatic hydroxyl groups excluding tert-OH is 2. The van der Waals surface area contributed by atoms with Gasteiger partial charge in [-0.15, -0.1) is 0 Å². The molecule has 8 heteroatoms. The van der Waals surface area contributed by atoms with Crippen LogP contribution in [0.25, 0.3) is 11.1 Å². The minimum Gasteiger partial charge on any atom is -0.480 e. The smallest absolute Gasteiger partial charge is 0.407 e. The summed E-state index contributed by atoms with van der Waals surface area (Å²) < 4.78 is 5.39. The molecule has 0 saturated heterocycles. The molecule has 1 atom stereocenters. The Morgan fingerprint density at radius 1 is 0.967 bits per heavy atom. The molecule has 1 aliphatic carbocycles. The van der Waals surface area contributed by atoms with Crippen molar-refractivity contribution in [2.75, 3.05) is 39.5 Å². The standard InChI is InChI=1S/C22H26N2O6/c25-11-9-24(10-12-26)13-20(21(27)28)23-22(29)30-14-19-17-7-3-1-5-15(17)16-6-2-4-8-18(16)19/h1-8,19-20,25-26H,9-14H2,(H,23,29)(H,27,28)/t20-/m0/s1. The lowest BCUT2D eigenvalue weighted by molar-refractivity contribution is -0.140. The highest BCUT2D eigenvalue weighted by molar-refractivity contribution is 5.81. The summed E-state index contributed by atoms with van der Waals surface area (Å²) >= 11 is 0. The molecule has 1 aliphatic rings. The molecule has 160 valence electrons. The maximum absolute atomic E-state index is 12.3. The Balaban J connectivity index is 1.64. The molecule has 30 heavy (non-hydrogen) atoms. The van der Waals surface area contributed by atoms with Crippen molar-refractivity contribution in [2.45, 2.75) is 12.0 Å². The lowest BCUT2D eigenvalue weighted by Crippen LogP contribution is -2.49. The molecule has 0 aromatic heterocycles. The molecule has 0 saturated carbocycles. The second-order valence-electron chi connectivity index (χ2n) is 7.11. The van der Waals surface area contributed by atoms with Gasteiger partial charge in [0.25, 0.3) is 0 Å². The van der Waals surface area contributed by atoms with Crippen LogP contribution in [0, 0.1) is 0 Å². The second kappa shape index (κ2) is 10.2. The quantitative estimate of drug-likeness (QED) is 0.462. The fraction of sp³-hybridized carbons (Fsp3) is 0.364. The SMILES string of the molecule is O=C(N[C@@H](CN(CCO)CCO)C(=O)O)OCC1c2ccccc2-c2ccccc21. The monoisotopic (exact) mass is 414 g/mol. The molecule has 0 fully saturated rings. The number of fused-ring (bicyclic) bond motifs is 3. The molecule has 0 unspecified atom stereocenters. The first-order chi connectivity index (χ1) is 14.5. The van der Waals surface area contributed by atoms with Crippen molar-refractivity contribution in [3.05, 3.63) is 59.7 Å². The molecule has 0 radical (unpaired) electrons. The average Bonchev–Trinajstić information content (AvgIpc) is 3.06. The molecule has 0 spiro atoms. The van der Waals surface area contributed by atoms with E-state index in [1.807, 2.05) is 48.5 Å². The highest BCUT2D eigenvalue weighted by atomic mass is 16.5. The third kappa shape index (κ3) is 4.96. The number of carboxylic acids is 1. The third-order valence-electron chi connectivity index (χ3n) is 5.21. The lowest BCUT2D eigenvalue weighted by Gasteiger charge is -2.24. The molecule has 4 N–H and O–H groups in total. The van der Waals surface area contributed by atoms with Crippen molar-refractivity contribution >= 4 is 12.1 Å². The zero-order valence-corrected chi connectivity index (χ0v) is 16.5. The van der Waals surface area contributed by atoms with Gasteiger partial charge in [0.15, 0.2) is 0 Å². The molecule has 8 nitrogen and oxygen atoms in total. The number of carboxylic acid groups (broad SMARTS) is 1. The summed E-state index contributed by atoms with van der Waals surface area (Å²) in [6, 6.07) is 14.7. The number of amides is 1. The summed E-state index contributed by atoms with van der Waals surface area (Å²) in [5, 5.41) is 30.0. The van der Waals surface area contributed by atoms with Crippen LogP contribution in [0.5, 0.6) is 0 Å². The molecule has 0 bridgehead atoms. The summed E-state index contributed by atoms with van der Waals surface area (Å²) in [6.07, 6.45) is -0.822. The largest absolute Gasteiger partial charge is 0.480 e. The van der Waals surface area contributed by atoms with Crippen LogP contribution >= 0.6 is 0 Å². The summed E-state index contributed by atoms with van der Waals surface area (Å²) in [7, 11) is 0. The number of rotatable bonds is 10. The van der Waals surface area contributed by atoms with Crippen LogP contribution in [0.1, 0.15) is 17.0 Å². The third-order valence-corrected chi connectivity index (χ3v) is 5.21. The molecule has 0 heterocycles. The van der Waals surface area contributed by atoms with Crippen LogP contribution in [0.15, 0.2) is 48.5 Å². The number of ether oxygens (including phenoxy) is 1. The van der Waals surface area contributed by atoms with Gasteiger partial charge in [0, 0.05) is 25.6 Å². The topological polar surface area (TPSA) is 119 Å². The summed E-state index contributed by atoms with van der Waals surface area (Å²) in [5.74, 6) is -1.34. The van der Waals surface area contributed by atoms with E-state index in [-0.39, 0.29) is 45.4 Å². The zero-order valence-electron chi connectivity index (χ0n) is 16.5. The number of aliphatic carboxylic acids is 1. The lowest BCUT2D eigenvalue weighted by atomic mass is 9.98. The van der Waals surface area contributed by atoms with Gasteiger partial charge in [0.05, 0.1) is 13.2 Å². The minimum absolute atomic E-state index is 0.0549. The zero-order chi connectivity index (χ0) is 21.5. The van der Waals surface area contributed by atoms with Gasteiger partial charge >= 0.3 is 12.1 Å². The normalized spacial score (nSPS) is 13.6. The van der Waals surface area contributed by atoms with Gasteiger partial charge in [-0.3, -0.25) is 4.90 Å². The van der Waals surface area contributed by atoms with Gasteiger partial charge in [-0.2, -0.15) is 0 Å². The van der Waals surface area contributed by atoms with Crippen molar-refractivity contribution in [3.63, 3.8) is 0 Å². The number of nitrogens with one attached hydrogen (secondary N) is 1. The van der Waals surface area contributed by atoms with E-state index < -0.39 is 18.1 Å². The number of hydrogen-bond donors (Lipinski definition) is 4. The van der Waals surface area contributed by atoms with Gasteiger partial charge in [0.2, 0.25) is 0 Å². The predicted octanol–water partition coefficient (Wildman–Crippen LogP) is 1.26. The number of hydrogen-bond acceptors (Lipinski definition) is 6. The van der Waals surface area contributed by atoms with Crippen LogP contribution < -0.4 is 5.32 Å². The molecular weight excluding hydrogens is 388 g/mol. The van der Waals surface area contributed by atoms with Crippen molar-refractivity contribution < 1.29 is 29.6 Å². The first kappa shape index (κ1) is 21.8. The fourth-order valence-corrected chi connectivity index (χ4v) is 3.80. The molecule has 2 aromatic carbocycles. The van der Waals surface area contributed by atoms with Crippen LogP contribution in [-0.4, -0.2) is 77.8 Å². The Hall–Kier alpha value is -2.94. The molecular formula is C22H26N2O6. The highest BCUT2D eigenvalue weighted by Gasteiger charge is 2.30. The Morgan fingerprint density at radius 2 is 1.50 bits per heavy atom. The highest BCUT2D eigenvalue weighted by Crippen LogP contribution is 2.44. The van der Waals surface area contributed by atoms with Crippen LogP contribution in [0.2, 0.25) is 0 Å². The van der Waals surface area contributed by atoms with E-state index in [0.29, 0.717) is 0 Å². The number of benzene rings is 2. The minimum atomic E-state index is -1.22. The Kier molecular flexibility index (Phi) is 7.40. The van der Waals surface area contributed by atoms with Crippen molar-refractivity contribution in [1.82, 2.24) is 10.2 Å². The Morgan fingerprint density at radius 3 is 2.00 bits per heavy atom. The number of nitrogens with zero attached hydrogens (tertiary/aromatic N) is 1. The van der Waals surface area contributed by atoms with Crippen molar-refractivity contribution in [1.29, 1.82) is 0 Å². The van der Waals surface area contributed by atoms with Gasteiger partial charge in [-0.05, 0) is 22.3 Å². The maximum Gasteiger partial charge on any atom is 0.407 e.